The second kappa shape index (κ2) is 6.47. The Balaban J connectivity index is 2.13. The van der Waals surface area contributed by atoms with E-state index in [4.69, 9.17) is 5.26 Å². The van der Waals surface area contributed by atoms with Gasteiger partial charge in [-0.05, 0) is 38.3 Å². The van der Waals surface area contributed by atoms with Crippen LogP contribution in [-0.2, 0) is 0 Å². The SMILES string of the molecule is C=C(N=Cc1cc(C)c(C#N)nc1C)C1CCCCC1. The molecule has 1 fully saturated rings. The standard InChI is InChI=1S/C17H21N3/c1-12-9-16(14(3)20-17(12)10-18)11-19-13(2)15-7-5-4-6-8-15/h9,11,15H,2,4-8H2,1,3H3. The third-order valence-corrected chi connectivity index (χ3v) is 3.99. The van der Waals surface area contributed by atoms with Crippen LogP contribution in [0.4, 0.5) is 0 Å². The van der Waals surface area contributed by atoms with E-state index in [1.165, 1.54) is 32.1 Å². The zero-order valence-corrected chi connectivity index (χ0v) is 12.3. The molecule has 0 spiro atoms. The van der Waals surface area contributed by atoms with Gasteiger partial charge in [-0.3, -0.25) is 4.99 Å². The van der Waals surface area contributed by atoms with E-state index in [1.54, 1.807) is 0 Å². The van der Waals surface area contributed by atoms with Gasteiger partial charge in [0.2, 0.25) is 0 Å². The van der Waals surface area contributed by atoms with Crippen LogP contribution in [0.25, 0.3) is 0 Å². The maximum atomic E-state index is 8.96. The number of hydrogen-bond donors (Lipinski definition) is 0. The van der Waals surface area contributed by atoms with Crippen LogP contribution in [0.2, 0.25) is 0 Å². The van der Waals surface area contributed by atoms with Gasteiger partial charge in [-0.25, -0.2) is 4.98 Å². The van der Waals surface area contributed by atoms with Gasteiger partial charge in [-0.2, -0.15) is 5.26 Å². The first-order valence-corrected chi connectivity index (χ1v) is 7.23. The van der Waals surface area contributed by atoms with Crippen LogP contribution < -0.4 is 0 Å². The van der Waals surface area contributed by atoms with Crippen LogP contribution in [0.1, 0.15) is 54.6 Å². The zero-order chi connectivity index (χ0) is 14.5. The van der Waals surface area contributed by atoms with Gasteiger partial charge in [0, 0.05) is 29.1 Å². The summed E-state index contributed by atoms with van der Waals surface area (Å²) < 4.78 is 0. The van der Waals surface area contributed by atoms with Crippen molar-refractivity contribution in [3.8, 4) is 6.07 Å². The van der Waals surface area contributed by atoms with Crippen LogP contribution in [0.5, 0.6) is 0 Å². The molecule has 0 N–H and O–H groups in total. The molecule has 20 heavy (non-hydrogen) atoms. The lowest BCUT2D eigenvalue weighted by Gasteiger charge is -2.21. The minimum absolute atomic E-state index is 0.491. The summed E-state index contributed by atoms with van der Waals surface area (Å²) in [5.74, 6) is 0.535. The van der Waals surface area contributed by atoms with Crippen molar-refractivity contribution in [2.75, 3.05) is 0 Å². The molecule has 0 aromatic carbocycles. The topological polar surface area (TPSA) is 49.0 Å². The van der Waals surface area contributed by atoms with Crippen LogP contribution in [0.3, 0.4) is 0 Å². The highest BCUT2D eigenvalue weighted by molar-refractivity contribution is 5.82. The number of rotatable bonds is 3. The number of allylic oxidation sites excluding steroid dienone is 1. The minimum Gasteiger partial charge on any atom is -0.261 e. The number of hydrogen-bond acceptors (Lipinski definition) is 3. The largest absolute Gasteiger partial charge is 0.261 e. The maximum Gasteiger partial charge on any atom is 0.143 e. The molecule has 0 aliphatic heterocycles. The first-order valence-electron chi connectivity index (χ1n) is 7.23. The summed E-state index contributed by atoms with van der Waals surface area (Å²) in [4.78, 5) is 8.83. The van der Waals surface area contributed by atoms with E-state index in [-0.39, 0.29) is 0 Å². The van der Waals surface area contributed by atoms with Gasteiger partial charge < -0.3 is 0 Å². The van der Waals surface area contributed by atoms with Crippen molar-refractivity contribution in [3.63, 3.8) is 0 Å². The number of nitrogens with zero attached hydrogens (tertiary/aromatic N) is 3. The monoisotopic (exact) mass is 267 g/mol. The summed E-state index contributed by atoms with van der Waals surface area (Å²) in [7, 11) is 0. The Hall–Kier alpha value is -1.95. The molecule has 1 aliphatic carbocycles. The Labute approximate surface area is 121 Å². The fourth-order valence-corrected chi connectivity index (χ4v) is 2.66. The minimum atomic E-state index is 0.491. The molecule has 0 amide bonds. The molecule has 0 saturated heterocycles. The molecule has 1 heterocycles. The summed E-state index contributed by atoms with van der Waals surface area (Å²) in [6.07, 6.45) is 8.17. The van der Waals surface area contributed by atoms with Crippen molar-refractivity contribution in [1.29, 1.82) is 5.26 Å². The van der Waals surface area contributed by atoms with Gasteiger partial charge in [-0.15, -0.1) is 0 Å². The Morgan fingerprint density at radius 1 is 1.40 bits per heavy atom. The van der Waals surface area contributed by atoms with E-state index in [9.17, 15) is 0 Å². The van der Waals surface area contributed by atoms with Crippen molar-refractivity contribution >= 4 is 6.21 Å². The second-order valence-electron chi connectivity index (χ2n) is 5.52. The van der Waals surface area contributed by atoms with Gasteiger partial charge in [-0.1, -0.05) is 25.8 Å². The van der Waals surface area contributed by atoms with Gasteiger partial charge in [0.1, 0.15) is 11.8 Å². The fraction of sp³-hybridized carbons (Fsp3) is 0.471. The Morgan fingerprint density at radius 3 is 2.75 bits per heavy atom. The predicted molar refractivity (Wildman–Crippen MR) is 81.7 cm³/mol. The van der Waals surface area contributed by atoms with Crippen molar-refractivity contribution in [2.45, 2.75) is 46.0 Å². The highest BCUT2D eigenvalue weighted by Crippen LogP contribution is 2.29. The van der Waals surface area contributed by atoms with Gasteiger partial charge in [0.05, 0.1) is 0 Å². The van der Waals surface area contributed by atoms with Crippen molar-refractivity contribution in [2.24, 2.45) is 10.9 Å². The smallest absolute Gasteiger partial charge is 0.143 e. The molecule has 2 rings (SSSR count). The summed E-state index contributed by atoms with van der Waals surface area (Å²) in [5.41, 5.74) is 4.17. The predicted octanol–water partition coefficient (Wildman–Crippen LogP) is 4.08. The maximum absolute atomic E-state index is 8.96. The summed E-state index contributed by atoms with van der Waals surface area (Å²) in [6, 6.07) is 4.08. The molecule has 3 heteroatoms. The second-order valence-corrected chi connectivity index (χ2v) is 5.52. The number of aromatic nitrogens is 1. The molecule has 0 atom stereocenters. The normalized spacial score (nSPS) is 16.2. The van der Waals surface area contributed by atoms with E-state index in [0.717, 1.165) is 22.5 Å². The van der Waals surface area contributed by atoms with E-state index in [1.807, 2.05) is 26.1 Å². The first-order chi connectivity index (χ1) is 9.61. The van der Waals surface area contributed by atoms with Gasteiger partial charge in [0.25, 0.3) is 0 Å². The van der Waals surface area contributed by atoms with Crippen LogP contribution in [0.15, 0.2) is 23.3 Å². The summed E-state index contributed by atoms with van der Waals surface area (Å²) in [5, 5.41) is 8.96. The van der Waals surface area contributed by atoms with Gasteiger partial charge >= 0.3 is 0 Å². The quantitative estimate of drug-likeness (QED) is 0.775. The fourth-order valence-electron chi connectivity index (χ4n) is 2.66. The molecule has 3 nitrogen and oxygen atoms in total. The van der Waals surface area contributed by atoms with E-state index in [2.05, 4.69) is 22.6 Å². The van der Waals surface area contributed by atoms with E-state index < -0.39 is 0 Å². The highest BCUT2D eigenvalue weighted by Gasteiger charge is 2.15. The molecule has 1 aliphatic rings. The van der Waals surface area contributed by atoms with Crippen molar-refractivity contribution < 1.29 is 0 Å². The Kier molecular flexibility index (Phi) is 4.68. The number of aliphatic imine (C=N–C) groups is 1. The van der Waals surface area contributed by atoms with E-state index >= 15 is 0 Å². The molecule has 104 valence electrons. The van der Waals surface area contributed by atoms with Crippen LogP contribution >= 0.6 is 0 Å². The first kappa shape index (κ1) is 14.5. The summed E-state index contributed by atoms with van der Waals surface area (Å²) in [6.45, 7) is 7.92. The number of nitriles is 1. The van der Waals surface area contributed by atoms with Crippen molar-refractivity contribution in [3.05, 3.63) is 40.9 Å². The van der Waals surface area contributed by atoms with Crippen molar-refractivity contribution in [1.82, 2.24) is 4.98 Å². The molecule has 1 aromatic heterocycles. The molecular weight excluding hydrogens is 246 g/mol. The third kappa shape index (κ3) is 3.33. The molecule has 0 radical (unpaired) electrons. The van der Waals surface area contributed by atoms with Crippen LogP contribution in [-0.4, -0.2) is 11.2 Å². The number of aryl methyl sites for hydroxylation is 2. The van der Waals surface area contributed by atoms with Gasteiger partial charge in [0.15, 0.2) is 0 Å². The molecule has 0 bridgehead atoms. The summed E-state index contributed by atoms with van der Waals surface area (Å²) >= 11 is 0. The molecule has 1 saturated carbocycles. The lowest BCUT2D eigenvalue weighted by Crippen LogP contribution is -2.07. The Morgan fingerprint density at radius 2 is 2.10 bits per heavy atom. The third-order valence-electron chi connectivity index (χ3n) is 3.99. The zero-order valence-electron chi connectivity index (χ0n) is 12.3. The highest BCUT2D eigenvalue weighted by atomic mass is 14.8. The molecule has 0 unspecified atom stereocenters. The lowest BCUT2D eigenvalue weighted by molar-refractivity contribution is 0.402. The Bertz CT molecular complexity index is 573. The average Bonchev–Trinajstić information content (AvgIpc) is 2.48. The molecular formula is C17H21N3. The average molecular weight is 267 g/mol. The van der Waals surface area contributed by atoms with E-state index in [0.29, 0.717) is 11.6 Å². The van der Waals surface area contributed by atoms with Crippen LogP contribution in [0, 0.1) is 31.1 Å². The lowest BCUT2D eigenvalue weighted by atomic mass is 9.87. The number of pyridine rings is 1. The molecule has 1 aromatic rings.